The molecule has 0 spiro atoms. The molecule has 1 aromatic carbocycles. The molecule has 0 saturated heterocycles. The molecule has 0 bridgehead atoms. The SMILES string of the molecule is CC(C)O[Si](OC(C)C)(OC(C)C)c1cc(C(=O)O)cc([Si](OC(C)C)(OC(C)C)OC(C)C)c1. The summed E-state index contributed by atoms with van der Waals surface area (Å²) in [6.07, 6.45) is -1.31. The van der Waals surface area contributed by atoms with Crippen LogP contribution in [0.4, 0.5) is 0 Å². The van der Waals surface area contributed by atoms with Crippen LogP contribution in [0.25, 0.3) is 0 Å². The third-order valence-corrected chi connectivity index (χ3v) is 10.9. The van der Waals surface area contributed by atoms with Crippen LogP contribution >= 0.6 is 0 Å². The highest BCUT2D eigenvalue weighted by atomic mass is 28.4. The molecule has 1 rings (SSSR count). The zero-order valence-electron chi connectivity index (χ0n) is 23.5. The first-order chi connectivity index (χ1) is 16.0. The van der Waals surface area contributed by atoms with Crippen molar-refractivity contribution in [1.29, 1.82) is 0 Å². The molecular formula is C25H46O8Si2. The van der Waals surface area contributed by atoms with Crippen molar-refractivity contribution in [3.05, 3.63) is 23.8 Å². The van der Waals surface area contributed by atoms with Gasteiger partial charge in [-0.3, -0.25) is 0 Å². The van der Waals surface area contributed by atoms with Crippen molar-refractivity contribution in [1.82, 2.24) is 0 Å². The molecule has 0 atom stereocenters. The summed E-state index contributed by atoms with van der Waals surface area (Å²) < 4.78 is 38.3. The van der Waals surface area contributed by atoms with Gasteiger partial charge >= 0.3 is 23.6 Å². The van der Waals surface area contributed by atoms with Crippen molar-refractivity contribution in [2.24, 2.45) is 0 Å². The van der Waals surface area contributed by atoms with E-state index < -0.39 is 23.6 Å². The monoisotopic (exact) mass is 530 g/mol. The molecule has 0 aromatic heterocycles. The van der Waals surface area contributed by atoms with E-state index in [2.05, 4.69) is 0 Å². The van der Waals surface area contributed by atoms with E-state index in [0.717, 1.165) is 0 Å². The second-order valence-electron chi connectivity index (χ2n) is 10.2. The predicted molar refractivity (Wildman–Crippen MR) is 142 cm³/mol. The van der Waals surface area contributed by atoms with Gasteiger partial charge in [0.15, 0.2) is 0 Å². The number of benzene rings is 1. The van der Waals surface area contributed by atoms with Crippen LogP contribution in [0.1, 0.15) is 93.4 Å². The summed E-state index contributed by atoms with van der Waals surface area (Å²) in [5, 5.41) is 11.1. The maximum Gasteiger partial charge on any atom is 0.537 e. The van der Waals surface area contributed by atoms with Crippen molar-refractivity contribution < 1.29 is 36.5 Å². The van der Waals surface area contributed by atoms with Crippen LogP contribution in [0.3, 0.4) is 0 Å². The van der Waals surface area contributed by atoms with Gasteiger partial charge in [-0.15, -0.1) is 0 Å². The number of rotatable bonds is 15. The molecule has 0 fully saturated rings. The largest absolute Gasteiger partial charge is 0.537 e. The molecule has 0 aliphatic carbocycles. The molecule has 10 heteroatoms. The van der Waals surface area contributed by atoms with Gasteiger partial charge in [-0.05, 0) is 101 Å². The number of carboxylic acids is 1. The lowest BCUT2D eigenvalue weighted by molar-refractivity contribution is 0.0153. The van der Waals surface area contributed by atoms with Gasteiger partial charge in [0.05, 0.1) is 5.56 Å². The predicted octanol–water partition coefficient (Wildman–Crippen LogP) is 4.23. The zero-order valence-corrected chi connectivity index (χ0v) is 25.5. The summed E-state index contributed by atoms with van der Waals surface area (Å²) in [7, 11) is -7.15. The van der Waals surface area contributed by atoms with Gasteiger partial charge in [0, 0.05) is 47.0 Å². The van der Waals surface area contributed by atoms with Crippen LogP contribution in [0.2, 0.25) is 0 Å². The summed E-state index contributed by atoms with van der Waals surface area (Å²) in [5.74, 6) is -1.09. The van der Waals surface area contributed by atoms with E-state index in [-0.39, 0.29) is 42.2 Å². The lowest BCUT2D eigenvalue weighted by Gasteiger charge is -2.37. The molecule has 0 aliphatic heterocycles. The Balaban J connectivity index is 4.04. The average Bonchev–Trinajstić information content (AvgIpc) is 2.64. The number of carboxylic acid groups (broad SMARTS) is 1. The highest BCUT2D eigenvalue weighted by molar-refractivity contribution is 6.79. The van der Waals surface area contributed by atoms with Crippen molar-refractivity contribution in [2.45, 2.75) is 120 Å². The standard InChI is InChI=1S/C25H46O8Si2/c1-16(2)28-34(29-17(3)4,30-18(5)6)23-13-22(25(26)27)14-24(15-23)35(31-19(7)8,32-20(9)10)33-21(11)12/h13-21H,1-12H3,(H,26,27). The first-order valence-electron chi connectivity index (χ1n) is 12.5. The molecule has 0 amide bonds. The van der Waals surface area contributed by atoms with Crippen molar-refractivity contribution in [2.75, 3.05) is 0 Å². The highest BCUT2D eigenvalue weighted by Gasteiger charge is 2.51. The zero-order chi connectivity index (χ0) is 27.1. The van der Waals surface area contributed by atoms with Gasteiger partial charge in [-0.25, -0.2) is 4.79 Å². The minimum absolute atomic E-state index is 0.0605. The lowest BCUT2D eigenvalue weighted by Crippen LogP contribution is -2.64. The van der Waals surface area contributed by atoms with Gasteiger partial charge in [0.25, 0.3) is 0 Å². The van der Waals surface area contributed by atoms with Crippen LogP contribution in [-0.4, -0.2) is 65.3 Å². The van der Waals surface area contributed by atoms with Crippen molar-refractivity contribution in [3.63, 3.8) is 0 Å². The fourth-order valence-corrected chi connectivity index (χ4v) is 9.89. The Morgan fingerprint density at radius 2 is 0.771 bits per heavy atom. The van der Waals surface area contributed by atoms with Crippen LogP contribution in [0.15, 0.2) is 18.2 Å². The Morgan fingerprint density at radius 1 is 0.543 bits per heavy atom. The van der Waals surface area contributed by atoms with E-state index in [1.807, 2.05) is 89.2 Å². The topological polar surface area (TPSA) is 92.7 Å². The summed E-state index contributed by atoms with van der Waals surface area (Å²) >= 11 is 0. The van der Waals surface area contributed by atoms with Crippen LogP contribution in [-0.2, 0) is 26.6 Å². The minimum Gasteiger partial charge on any atom is -0.478 e. The van der Waals surface area contributed by atoms with E-state index in [9.17, 15) is 9.90 Å². The van der Waals surface area contributed by atoms with Crippen molar-refractivity contribution >= 4 is 34.0 Å². The van der Waals surface area contributed by atoms with Crippen LogP contribution in [0.5, 0.6) is 0 Å². The first kappa shape index (κ1) is 31.9. The maximum absolute atomic E-state index is 12.3. The lowest BCUT2D eigenvalue weighted by atomic mass is 10.2. The quantitative estimate of drug-likeness (QED) is 0.337. The summed E-state index contributed by atoms with van der Waals surface area (Å²) in [6.45, 7) is 22.9. The molecule has 1 N–H and O–H groups in total. The van der Waals surface area contributed by atoms with E-state index in [1.54, 1.807) is 12.1 Å². The summed E-state index contributed by atoms with van der Waals surface area (Å²) in [6, 6.07) is 4.99. The van der Waals surface area contributed by atoms with Gasteiger partial charge < -0.3 is 31.7 Å². The Kier molecular flexibility index (Phi) is 12.2. The fourth-order valence-electron chi connectivity index (χ4n) is 3.54. The number of hydrogen-bond acceptors (Lipinski definition) is 7. The van der Waals surface area contributed by atoms with Crippen molar-refractivity contribution in [3.8, 4) is 0 Å². The molecule has 0 unspecified atom stereocenters. The number of aromatic carboxylic acids is 1. The smallest absolute Gasteiger partial charge is 0.478 e. The van der Waals surface area contributed by atoms with E-state index >= 15 is 0 Å². The number of carbonyl (C=O) groups is 1. The molecule has 0 heterocycles. The second-order valence-corrected chi connectivity index (χ2v) is 15.0. The Bertz CT molecular complexity index is 699. The first-order valence-corrected chi connectivity index (χ1v) is 15.9. The molecule has 0 aliphatic rings. The van der Waals surface area contributed by atoms with E-state index in [4.69, 9.17) is 26.6 Å². The molecule has 35 heavy (non-hydrogen) atoms. The van der Waals surface area contributed by atoms with Gasteiger partial charge in [0.2, 0.25) is 0 Å². The Morgan fingerprint density at radius 3 is 0.943 bits per heavy atom. The third kappa shape index (κ3) is 9.69. The molecule has 0 saturated carbocycles. The maximum atomic E-state index is 12.3. The Labute approximate surface area is 214 Å². The molecule has 202 valence electrons. The average molecular weight is 531 g/mol. The molecule has 1 aromatic rings. The highest BCUT2D eigenvalue weighted by Crippen LogP contribution is 2.22. The minimum atomic E-state index is -3.58. The summed E-state index contributed by atoms with van der Waals surface area (Å²) in [4.78, 5) is 12.3. The molecular weight excluding hydrogens is 484 g/mol. The van der Waals surface area contributed by atoms with E-state index in [0.29, 0.717) is 10.4 Å². The Hall–Kier alpha value is -1.12. The fraction of sp³-hybridized carbons (Fsp3) is 0.720. The van der Waals surface area contributed by atoms with E-state index in [1.165, 1.54) is 0 Å². The second kappa shape index (κ2) is 13.4. The third-order valence-electron chi connectivity index (χ3n) is 4.23. The van der Waals surface area contributed by atoms with Gasteiger partial charge in [-0.1, -0.05) is 0 Å². The molecule has 8 nitrogen and oxygen atoms in total. The number of hydrogen-bond donors (Lipinski definition) is 1. The van der Waals surface area contributed by atoms with Crippen LogP contribution < -0.4 is 10.4 Å². The molecule has 0 radical (unpaired) electrons. The van der Waals surface area contributed by atoms with Crippen LogP contribution in [0, 0.1) is 0 Å². The van der Waals surface area contributed by atoms with Gasteiger partial charge in [0.1, 0.15) is 0 Å². The van der Waals surface area contributed by atoms with Gasteiger partial charge in [-0.2, -0.15) is 0 Å². The summed E-state index contributed by atoms with van der Waals surface area (Å²) in [5.41, 5.74) is 0.0605. The normalized spacial score (nSPS) is 13.3.